The number of unbranched alkanes of at least 4 members (excludes halogenated alkanes) is 1. The number of likely N-dealkylation sites (N-methyl/N-ethyl adjacent to an activating group) is 1. The summed E-state index contributed by atoms with van der Waals surface area (Å²) in [7, 11) is 1.80. The fourth-order valence-electron chi connectivity index (χ4n) is 3.55. The Bertz CT molecular complexity index is 883. The van der Waals surface area contributed by atoms with E-state index >= 15 is 0 Å². The Morgan fingerprint density at radius 1 is 1.10 bits per heavy atom. The lowest BCUT2D eigenvalue weighted by atomic mass is 9.98. The molecule has 1 unspecified atom stereocenters. The SMILES string of the molecule is CN(CCOc1ccc(CC2CC(=O)NC2=O)cc1)C(=O)CCCCc1ccncc1. The van der Waals surface area contributed by atoms with E-state index in [2.05, 4.69) is 10.3 Å². The summed E-state index contributed by atoms with van der Waals surface area (Å²) >= 11 is 0. The van der Waals surface area contributed by atoms with Gasteiger partial charge in [-0.2, -0.15) is 0 Å². The van der Waals surface area contributed by atoms with Crippen LogP contribution in [-0.2, 0) is 27.2 Å². The van der Waals surface area contributed by atoms with Crippen LogP contribution in [0.15, 0.2) is 48.8 Å². The number of carbonyl (C=O) groups excluding carboxylic acids is 3. The van der Waals surface area contributed by atoms with Gasteiger partial charge in [-0.25, -0.2) is 0 Å². The van der Waals surface area contributed by atoms with Gasteiger partial charge in [0, 0.05) is 32.3 Å². The van der Waals surface area contributed by atoms with Crippen LogP contribution in [0.5, 0.6) is 5.75 Å². The summed E-state index contributed by atoms with van der Waals surface area (Å²) in [5, 5.41) is 2.33. The molecule has 2 aromatic rings. The molecule has 0 aliphatic carbocycles. The van der Waals surface area contributed by atoms with E-state index in [0.717, 1.165) is 24.8 Å². The maximum Gasteiger partial charge on any atom is 0.230 e. The van der Waals surface area contributed by atoms with E-state index in [1.165, 1.54) is 5.56 Å². The first-order valence-corrected chi connectivity index (χ1v) is 10.7. The van der Waals surface area contributed by atoms with Crippen LogP contribution in [0.1, 0.15) is 36.8 Å². The second kappa shape index (κ2) is 11.2. The molecule has 0 saturated carbocycles. The average Bonchev–Trinajstić information content (AvgIpc) is 3.09. The minimum absolute atomic E-state index is 0.123. The second-order valence-corrected chi connectivity index (χ2v) is 7.89. The van der Waals surface area contributed by atoms with Gasteiger partial charge in [0.2, 0.25) is 17.7 Å². The lowest BCUT2D eigenvalue weighted by Gasteiger charge is -2.17. The minimum atomic E-state index is -0.288. The highest BCUT2D eigenvalue weighted by Crippen LogP contribution is 2.19. The highest BCUT2D eigenvalue weighted by Gasteiger charge is 2.30. The van der Waals surface area contributed by atoms with Crippen molar-refractivity contribution in [2.75, 3.05) is 20.2 Å². The van der Waals surface area contributed by atoms with E-state index in [4.69, 9.17) is 4.74 Å². The number of carbonyl (C=O) groups is 3. The standard InChI is InChI=1S/C24H29N3O4/c1-27(23(29)5-3-2-4-18-10-12-25-13-11-18)14-15-31-21-8-6-19(7-9-21)16-20-17-22(28)26-24(20)30/h6-13,20H,2-5,14-17H2,1H3,(H,26,28,30). The number of benzene rings is 1. The number of hydrogen-bond donors (Lipinski definition) is 1. The molecule has 0 radical (unpaired) electrons. The molecule has 0 bridgehead atoms. The molecule has 7 heteroatoms. The second-order valence-electron chi connectivity index (χ2n) is 7.89. The third-order valence-corrected chi connectivity index (χ3v) is 5.45. The van der Waals surface area contributed by atoms with Gasteiger partial charge in [-0.15, -0.1) is 0 Å². The largest absolute Gasteiger partial charge is 0.492 e. The molecular formula is C24H29N3O4. The van der Waals surface area contributed by atoms with Gasteiger partial charge in [-0.3, -0.25) is 24.7 Å². The summed E-state index contributed by atoms with van der Waals surface area (Å²) in [6, 6.07) is 11.5. The molecule has 3 rings (SSSR count). The third-order valence-electron chi connectivity index (χ3n) is 5.45. The summed E-state index contributed by atoms with van der Waals surface area (Å²) < 4.78 is 5.74. The van der Waals surface area contributed by atoms with E-state index in [-0.39, 0.29) is 30.1 Å². The fourth-order valence-corrected chi connectivity index (χ4v) is 3.55. The first kappa shape index (κ1) is 22.5. The van der Waals surface area contributed by atoms with Crippen molar-refractivity contribution < 1.29 is 19.1 Å². The van der Waals surface area contributed by atoms with E-state index in [0.29, 0.717) is 31.7 Å². The molecule has 1 fully saturated rings. The van der Waals surface area contributed by atoms with Crippen LogP contribution in [-0.4, -0.2) is 47.8 Å². The molecule has 2 heterocycles. The Balaban J connectivity index is 1.31. The van der Waals surface area contributed by atoms with Gasteiger partial charge < -0.3 is 9.64 Å². The number of nitrogens with zero attached hydrogens (tertiary/aromatic N) is 2. The van der Waals surface area contributed by atoms with Crippen LogP contribution in [0.25, 0.3) is 0 Å². The molecule has 7 nitrogen and oxygen atoms in total. The van der Waals surface area contributed by atoms with Crippen LogP contribution in [0.3, 0.4) is 0 Å². The normalized spacial score (nSPS) is 15.6. The summed E-state index contributed by atoms with van der Waals surface area (Å²) in [6.45, 7) is 0.938. The number of aromatic nitrogens is 1. The molecule has 1 aromatic carbocycles. The topological polar surface area (TPSA) is 88.6 Å². The Labute approximate surface area is 182 Å². The zero-order valence-electron chi connectivity index (χ0n) is 17.9. The number of nitrogens with one attached hydrogen (secondary N) is 1. The van der Waals surface area contributed by atoms with Crippen LogP contribution < -0.4 is 10.1 Å². The zero-order valence-corrected chi connectivity index (χ0v) is 17.9. The quantitative estimate of drug-likeness (QED) is 0.443. The van der Waals surface area contributed by atoms with Gasteiger partial charge in [0.15, 0.2) is 0 Å². The molecule has 164 valence electrons. The van der Waals surface area contributed by atoms with E-state index in [1.54, 1.807) is 24.3 Å². The zero-order chi connectivity index (χ0) is 22.1. The van der Waals surface area contributed by atoms with Crippen molar-refractivity contribution >= 4 is 17.7 Å². The molecule has 31 heavy (non-hydrogen) atoms. The number of amides is 3. The number of rotatable bonds is 11. The highest BCUT2D eigenvalue weighted by atomic mass is 16.5. The smallest absolute Gasteiger partial charge is 0.230 e. The van der Waals surface area contributed by atoms with Crippen LogP contribution in [0.2, 0.25) is 0 Å². The molecule has 1 saturated heterocycles. The predicted octanol–water partition coefficient (Wildman–Crippen LogP) is 2.54. The monoisotopic (exact) mass is 423 g/mol. The Hall–Kier alpha value is -3.22. The average molecular weight is 424 g/mol. The third kappa shape index (κ3) is 7.20. The molecule has 1 atom stereocenters. The van der Waals surface area contributed by atoms with Crippen molar-refractivity contribution in [1.29, 1.82) is 0 Å². The Morgan fingerprint density at radius 2 is 1.84 bits per heavy atom. The van der Waals surface area contributed by atoms with Gasteiger partial charge >= 0.3 is 0 Å². The number of imide groups is 1. The van der Waals surface area contributed by atoms with Gasteiger partial charge in [0.05, 0.1) is 12.5 Å². The van der Waals surface area contributed by atoms with Crippen molar-refractivity contribution in [3.05, 3.63) is 59.9 Å². The van der Waals surface area contributed by atoms with Crippen LogP contribution in [0, 0.1) is 5.92 Å². The van der Waals surface area contributed by atoms with Crippen molar-refractivity contribution in [3.8, 4) is 5.75 Å². The van der Waals surface area contributed by atoms with Crippen molar-refractivity contribution in [3.63, 3.8) is 0 Å². The van der Waals surface area contributed by atoms with Crippen molar-refractivity contribution in [1.82, 2.24) is 15.2 Å². The maximum atomic E-state index is 12.3. The predicted molar refractivity (Wildman–Crippen MR) is 116 cm³/mol. The van der Waals surface area contributed by atoms with E-state index < -0.39 is 0 Å². The minimum Gasteiger partial charge on any atom is -0.492 e. The number of pyridine rings is 1. The van der Waals surface area contributed by atoms with Gasteiger partial charge in [0.25, 0.3) is 0 Å². The molecule has 0 spiro atoms. The maximum absolute atomic E-state index is 12.3. The number of ether oxygens (including phenoxy) is 1. The fraction of sp³-hybridized carbons (Fsp3) is 0.417. The van der Waals surface area contributed by atoms with E-state index in [9.17, 15) is 14.4 Å². The molecule has 1 aliphatic rings. The van der Waals surface area contributed by atoms with Gasteiger partial charge in [-0.05, 0) is 61.1 Å². The number of hydrogen-bond acceptors (Lipinski definition) is 5. The first-order chi connectivity index (χ1) is 15.0. The molecule has 1 aromatic heterocycles. The molecular weight excluding hydrogens is 394 g/mol. The van der Waals surface area contributed by atoms with Gasteiger partial charge in [-0.1, -0.05) is 12.1 Å². The highest BCUT2D eigenvalue weighted by molar-refractivity contribution is 6.03. The lowest BCUT2D eigenvalue weighted by molar-refractivity contribution is -0.130. The van der Waals surface area contributed by atoms with E-state index in [1.807, 2.05) is 36.4 Å². The van der Waals surface area contributed by atoms with Crippen LogP contribution >= 0.6 is 0 Å². The molecule has 1 N–H and O–H groups in total. The molecule has 3 amide bonds. The Kier molecular flexibility index (Phi) is 8.15. The summed E-state index contributed by atoms with van der Waals surface area (Å²) in [5.41, 5.74) is 2.23. The number of aryl methyl sites for hydroxylation is 1. The molecule has 1 aliphatic heterocycles. The van der Waals surface area contributed by atoms with Gasteiger partial charge in [0.1, 0.15) is 12.4 Å². The summed E-state index contributed by atoms with van der Waals surface area (Å²) in [4.78, 5) is 40.9. The summed E-state index contributed by atoms with van der Waals surface area (Å²) in [6.07, 6.45) is 7.70. The van der Waals surface area contributed by atoms with Crippen LogP contribution in [0.4, 0.5) is 0 Å². The first-order valence-electron chi connectivity index (χ1n) is 10.7. The lowest BCUT2D eigenvalue weighted by Crippen LogP contribution is -2.30. The van der Waals surface area contributed by atoms with Crippen molar-refractivity contribution in [2.45, 2.75) is 38.5 Å². The van der Waals surface area contributed by atoms with Crippen molar-refractivity contribution in [2.24, 2.45) is 5.92 Å². The summed E-state index contributed by atoms with van der Waals surface area (Å²) in [5.74, 6) is 0.147. The Morgan fingerprint density at radius 3 is 2.52 bits per heavy atom.